The van der Waals surface area contributed by atoms with Gasteiger partial charge in [-0.15, -0.1) is 0 Å². The number of fused-ring (bicyclic) bond motifs is 1. The van der Waals surface area contributed by atoms with Crippen LogP contribution in [-0.4, -0.2) is 17.3 Å². The summed E-state index contributed by atoms with van der Waals surface area (Å²) in [4.78, 5) is 0. The summed E-state index contributed by atoms with van der Waals surface area (Å²) in [5, 5.41) is 6.22. The molecule has 0 aromatic heterocycles. The molecule has 2 aliphatic carbocycles. The van der Waals surface area contributed by atoms with E-state index in [-0.39, 0.29) is 5.54 Å². The largest absolute Gasteiger partial charge is 0.401 e. The molecule has 0 aromatic carbocycles. The summed E-state index contributed by atoms with van der Waals surface area (Å²) >= 11 is 0. The van der Waals surface area contributed by atoms with Gasteiger partial charge in [-0.3, -0.25) is 5.01 Å². The van der Waals surface area contributed by atoms with E-state index in [1.165, 1.54) is 12.1 Å². The Bertz CT molecular complexity index is 351. The zero-order chi connectivity index (χ0) is 12.8. The van der Waals surface area contributed by atoms with Gasteiger partial charge in [-0.2, -0.15) is 5.10 Å². The van der Waals surface area contributed by atoms with Crippen molar-refractivity contribution >= 4 is 6.72 Å². The third kappa shape index (κ3) is 2.20. The van der Waals surface area contributed by atoms with Crippen LogP contribution in [0, 0.1) is 17.8 Å². The van der Waals surface area contributed by atoms with Gasteiger partial charge in [0.1, 0.15) is 0 Å². The fraction of sp³-hybridized carbons (Fsp3) is 0.786. The minimum atomic E-state index is -0.0420. The van der Waals surface area contributed by atoms with Gasteiger partial charge >= 0.3 is 0 Å². The summed E-state index contributed by atoms with van der Waals surface area (Å²) < 4.78 is 0. The monoisotopic (exact) mass is 235 g/mol. The van der Waals surface area contributed by atoms with Crippen molar-refractivity contribution in [2.24, 2.45) is 28.6 Å². The smallest absolute Gasteiger partial charge is 0.0563 e. The maximum Gasteiger partial charge on any atom is 0.0563 e. The predicted molar refractivity (Wildman–Crippen MR) is 72.3 cm³/mol. The normalized spacial score (nSPS) is 32.8. The topological polar surface area (TPSA) is 41.6 Å². The van der Waals surface area contributed by atoms with E-state index < -0.39 is 0 Å². The van der Waals surface area contributed by atoms with Gasteiger partial charge in [0.25, 0.3) is 0 Å². The molecule has 1 saturated carbocycles. The lowest BCUT2D eigenvalue weighted by Gasteiger charge is -2.35. The Kier molecular flexibility index (Phi) is 2.96. The summed E-state index contributed by atoms with van der Waals surface area (Å²) in [6.07, 6.45) is 3.34. The van der Waals surface area contributed by atoms with E-state index in [2.05, 4.69) is 39.5 Å². The maximum absolute atomic E-state index is 6.23. The number of nitrogens with zero attached hydrogens (tertiary/aromatic N) is 2. The molecule has 0 bridgehead atoms. The van der Waals surface area contributed by atoms with E-state index in [4.69, 9.17) is 5.73 Å². The Hall–Kier alpha value is -0.990. The first-order valence-corrected chi connectivity index (χ1v) is 6.60. The summed E-state index contributed by atoms with van der Waals surface area (Å²) in [6, 6.07) is 0. The van der Waals surface area contributed by atoms with Crippen molar-refractivity contribution < 1.29 is 0 Å². The quantitative estimate of drug-likeness (QED) is 0.590. The summed E-state index contributed by atoms with van der Waals surface area (Å²) in [6.45, 7) is 12.5. The summed E-state index contributed by atoms with van der Waals surface area (Å²) in [5.41, 5.74) is 8.42. The average molecular weight is 235 g/mol. The molecule has 3 nitrogen and oxygen atoms in total. The van der Waals surface area contributed by atoms with Crippen molar-refractivity contribution in [3.63, 3.8) is 0 Å². The van der Waals surface area contributed by atoms with Crippen molar-refractivity contribution in [1.82, 2.24) is 5.01 Å². The zero-order valence-electron chi connectivity index (χ0n) is 11.5. The van der Waals surface area contributed by atoms with Crippen LogP contribution in [0.25, 0.3) is 0 Å². The van der Waals surface area contributed by atoms with Crippen LogP contribution >= 0.6 is 0 Å². The fourth-order valence-electron chi connectivity index (χ4n) is 3.20. The second kappa shape index (κ2) is 4.04. The molecular formula is C14H25N3. The molecule has 0 saturated heterocycles. The van der Waals surface area contributed by atoms with E-state index in [1.807, 2.05) is 5.01 Å². The Morgan fingerprint density at radius 3 is 2.53 bits per heavy atom. The fourth-order valence-corrected chi connectivity index (χ4v) is 3.20. The molecule has 0 spiro atoms. The van der Waals surface area contributed by atoms with Gasteiger partial charge in [-0.05, 0) is 57.8 Å². The molecule has 1 fully saturated rings. The number of nitrogens with two attached hydrogens (primary N) is 1. The third-order valence-electron chi connectivity index (χ3n) is 4.34. The molecule has 96 valence electrons. The van der Waals surface area contributed by atoms with Crippen LogP contribution in [0.5, 0.6) is 0 Å². The lowest BCUT2D eigenvalue weighted by Crippen LogP contribution is -2.37. The molecular weight excluding hydrogens is 210 g/mol. The summed E-state index contributed by atoms with van der Waals surface area (Å²) in [5.74, 6) is 2.57. The van der Waals surface area contributed by atoms with Crippen LogP contribution in [-0.2, 0) is 0 Å². The van der Waals surface area contributed by atoms with Gasteiger partial charge in [0.15, 0.2) is 0 Å². The molecule has 0 radical (unpaired) electrons. The van der Waals surface area contributed by atoms with Crippen LogP contribution in [0.1, 0.15) is 47.0 Å². The van der Waals surface area contributed by atoms with Gasteiger partial charge in [-0.25, -0.2) is 0 Å². The molecule has 0 heterocycles. The Morgan fingerprint density at radius 2 is 2.00 bits per heavy atom. The Balaban J connectivity index is 2.25. The number of hydrazone groups is 1. The highest BCUT2D eigenvalue weighted by molar-refractivity contribution is 5.26. The lowest BCUT2D eigenvalue weighted by molar-refractivity contribution is 0.183. The van der Waals surface area contributed by atoms with E-state index >= 15 is 0 Å². The standard InChI is InChI=1S/C14H25N3/c1-9-10-6-7-12(15)13(8-11(9)10)17(16-5)14(2,3)4/h9-11H,5-8,15H2,1-4H3/t9-,10+,11-/m1/s1. The number of hydrogen-bond donors (Lipinski definition) is 1. The molecule has 0 unspecified atom stereocenters. The zero-order valence-corrected chi connectivity index (χ0v) is 11.5. The highest BCUT2D eigenvalue weighted by Crippen LogP contribution is 2.55. The maximum atomic E-state index is 6.23. The first-order chi connectivity index (χ1) is 7.86. The van der Waals surface area contributed by atoms with E-state index in [0.717, 1.165) is 36.3 Å². The highest BCUT2D eigenvalue weighted by Gasteiger charge is 2.48. The van der Waals surface area contributed by atoms with E-state index in [0.29, 0.717) is 0 Å². The Morgan fingerprint density at radius 1 is 1.35 bits per heavy atom. The molecule has 0 amide bonds. The number of allylic oxidation sites excluding steroid dienone is 2. The predicted octanol–water partition coefficient (Wildman–Crippen LogP) is 2.94. The van der Waals surface area contributed by atoms with Crippen LogP contribution in [0.3, 0.4) is 0 Å². The van der Waals surface area contributed by atoms with Crippen molar-refractivity contribution in [2.75, 3.05) is 0 Å². The molecule has 2 N–H and O–H groups in total. The van der Waals surface area contributed by atoms with Gasteiger partial charge in [0.05, 0.1) is 11.2 Å². The van der Waals surface area contributed by atoms with Crippen LogP contribution < -0.4 is 5.73 Å². The highest BCUT2D eigenvalue weighted by atomic mass is 15.5. The Labute approximate surface area is 105 Å². The number of hydrogen-bond acceptors (Lipinski definition) is 3. The van der Waals surface area contributed by atoms with Gasteiger partial charge in [0, 0.05) is 12.4 Å². The summed E-state index contributed by atoms with van der Waals surface area (Å²) in [7, 11) is 0. The lowest BCUT2D eigenvalue weighted by atomic mass is 10.0. The van der Waals surface area contributed by atoms with Crippen molar-refractivity contribution in [3.8, 4) is 0 Å². The van der Waals surface area contributed by atoms with Crippen molar-refractivity contribution in [3.05, 3.63) is 11.4 Å². The molecule has 0 aliphatic heterocycles. The van der Waals surface area contributed by atoms with E-state index in [1.54, 1.807) is 0 Å². The van der Waals surface area contributed by atoms with Gasteiger partial charge in [0.2, 0.25) is 0 Å². The van der Waals surface area contributed by atoms with Crippen LogP contribution in [0.15, 0.2) is 16.5 Å². The van der Waals surface area contributed by atoms with Gasteiger partial charge in [-0.1, -0.05) is 6.92 Å². The molecule has 17 heavy (non-hydrogen) atoms. The second-order valence-corrected chi connectivity index (χ2v) is 6.53. The van der Waals surface area contributed by atoms with Crippen LogP contribution in [0.2, 0.25) is 0 Å². The van der Waals surface area contributed by atoms with Gasteiger partial charge < -0.3 is 5.73 Å². The first-order valence-electron chi connectivity index (χ1n) is 6.60. The minimum Gasteiger partial charge on any atom is -0.401 e. The molecule has 2 rings (SSSR count). The van der Waals surface area contributed by atoms with Crippen molar-refractivity contribution in [2.45, 2.75) is 52.5 Å². The average Bonchev–Trinajstić information content (AvgIpc) is 2.86. The molecule has 3 atom stereocenters. The molecule has 3 heteroatoms. The minimum absolute atomic E-state index is 0.0420. The molecule has 2 aliphatic rings. The van der Waals surface area contributed by atoms with E-state index in [9.17, 15) is 0 Å². The van der Waals surface area contributed by atoms with Crippen LogP contribution in [0.4, 0.5) is 0 Å². The molecule has 0 aromatic rings. The second-order valence-electron chi connectivity index (χ2n) is 6.53. The third-order valence-corrected chi connectivity index (χ3v) is 4.34. The first kappa shape index (κ1) is 12.5. The number of rotatable bonds is 2. The van der Waals surface area contributed by atoms with Crippen molar-refractivity contribution in [1.29, 1.82) is 0 Å². The SMILES string of the molecule is C=NN(C1=C(N)CC[C@H]2[C@@H](C)[C@H]2C1)C(C)(C)C.